The van der Waals surface area contributed by atoms with E-state index < -0.39 is 48.0 Å². The van der Waals surface area contributed by atoms with Crippen molar-refractivity contribution in [2.45, 2.75) is 9.79 Å². The van der Waals surface area contributed by atoms with Gasteiger partial charge in [-0.2, -0.15) is 16.8 Å². The van der Waals surface area contributed by atoms with Crippen molar-refractivity contribution < 1.29 is 35.1 Å². The van der Waals surface area contributed by atoms with Crippen molar-refractivity contribution in [2.75, 3.05) is 7.11 Å². The standard InChI is InChI=1S/C27H20N2O8S2/c1-36-24-16-23(20(15-25(24)38(31,32)33)26(30)17-8-4-2-5-9-17)37-39(34,35)19-12-13-21-22(14-19)29-27(28-21)18-10-6-3-7-11-18/h2-16H,1H3,(H,28,29)(H,31,32,33). The summed E-state index contributed by atoms with van der Waals surface area (Å²) in [6, 6.07) is 22.9. The van der Waals surface area contributed by atoms with Crippen molar-refractivity contribution in [1.29, 1.82) is 0 Å². The van der Waals surface area contributed by atoms with Crippen LogP contribution >= 0.6 is 0 Å². The number of nitrogens with one attached hydrogen (secondary N) is 1. The Kier molecular flexibility index (Phi) is 6.68. The average molecular weight is 565 g/mol. The Morgan fingerprint density at radius 3 is 2.15 bits per heavy atom. The molecule has 0 radical (unpaired) electrons. The number of hydrogen-bond acceptors (Lipinski definition) is 8. The number of aromatic nitrogens is 2. The van der Waals surface area contributed by atoms with Gasteiger partial charge in [0.2, 0.25) is 0 Å². The summed E-state index contributed by atoms with van der Waals surface area (Å²) in [5.41, 5.74) is 1.49. The van der Waals surface area contributed by atoms with E-state index in [1.807, 2.05) is 30.3 Å². The molecule has 198 valence electrons. The summed E-state index contributed by atoms with van der Waals surface area (Å²) < 4.78 is 70.7. The van der Waals surface area contributed by atoms with Gasteiger partial charge in [-0.05, 0) is 24.3 Å². The summed E-state index contributed by atoms with van der Waals surface area (Å²) in [7, 11) is -8.25. The van der Waals surface area contributed by atoms with Gasteiger partial charge in [0, 0.05) is 17.2 Å². The van der Waals surface area contributed by atoms with Gasteiger partial charge in [0.15, 0.2) is 11.5 Å². The van der Waals surface area contributed by atoms with Crippen LogP contribution in [-0.2, 0) is 20.2 Å². The van der Waals surface area contributed by atoms with Crippen molar-refractivity contribution in [3.05, 3.63) is 102 Å². The Morgan fingerprint density at radius 2 is 1.51 bits per heavy atom. The number of methoxy groups -OCH3 is 1. The predicted octanol–water partition coefficient (Wildman–Crippen LogP) is 4.48. The van der Waals surface area contributed by atoms with Crippen LogP contribution in [0.2, 0.25) is 0 Å². The number of rotatable bonds is 8. The Balaban J connectivity index is 1.59. The van der Waals surface area contributed by atoms with Crippen LogP contribution in [0.1, 0.15) is 15.9 Å². The molecule has 39 heavy (non-hydrogen) atoms. The molecule has 0 spiro atoms. The van der Waals surface area contributed by atoms with Crippen molar-refractivity contribution in [2.24, 2.45) is 0 Å². The number of nitrogens with zero attached hydrogens (tertiary/aromatic N) is 1. The zero-order valence-electron chi connectivity index (χ0n) is 20.2. The molecule has 0 amide bonds. The highest BCUT2D eigenvalue weighted by Crippen LogP contribution is 2.35. The molecular formula is C27H20N2O8S2. The van der Waals surface area contributed by atoms with E-state index >= 15 is 0 Å². The first kappa shape index (κ1) is 26.1. The lowest BCUT2D eigenvalue weighted by Gasteiger charge is -2.15. The highest BCUT2D eigenvalue weighted by atomic mass is 32.2. The first-order chi connectivity index (χ1) is 18.6. The van der Waals surface area contributed by atoms with Crippen LogP contribution in [0.15, 0.2) is 101 Å². The van der Waals surface area contributed by atoms with Gasteiger partial charge in [-0.25, -0.2) is 4.98 Å². The van der Waals surface area contributed by atoms with E-state index in [1.165, 1.54) is 30.3 Å². The van der Waals surface area contributed by atoms with Crippen LogP contribution in [-0.4, -0.2) is 44.2 Å². The highest BCUT2D eigenvalue weighted by molar-refractivity contribution is 7.87. The predicted molar refractivity (Wildman–Crippen MR) is 142 cm³/mol. The fraction of sp³-hybridized carbons (Fsp3) is 0.0370. The monoisotopic (exact) mass is 564 g/mol. The van der Waals surface area contributed by atoms with E-state index in [4.69, 9.17) is 8.92 Å². The minimum absolute atomic E-state index is 0.138. The van der Waals surface area contributed by atoms with Gasteiger partial charge < -0.3 is 13.9 Å². The lowest BCUT2D eigenvalue weighted by molar-refractivity contribution is 0.103. The smallest absolute Gasteiger partial charge is 0.339 e. The fourth-order valence-corrected chi connectivity index (χ4v) is 5.57. The maximum Gasteiger partial charge on any atom is 0.339 e. The Hall–Kier alpha value is -4.52. The third-order valence-corrected chi connectivity index (χ3v) is 7.92. The number of ether oxygens (including phenoxy) is 1. The average Bonchev–Trinajstić information content (AvgIpc) is 3.36. The largest absolute Gasteiger partial charge is 0.495 e. The quantitative estimate of drug-likeness (QED) is 0.158. The lowest BCUT2D eigenvalue weighted by Crippen LogP contribution is -2.14. The van der Waals surface area contributed by atoms with Crippen LogP contribution in [0, 0.1) is 0 Å². The topological polar surface area (TPSA) is 153 Å². The van der Waals surface area contributed by atoms with E-state index in [1.54, 1.807) is 18.2 Å². The Morgan fingerprint density at radius 1 is 0.846 bits per heavy atom. The number of benzene rings is 4. The van der Waals surface area contributed by atoms with Gasteiger partial charge in [-0.3, -0.25) is 9.35 Å². The van der Waals surface area contributed by atoms with E-state index in [0.29, 0.717) is 16.9 Å². The molecule has 0 aliphatic rings. The second-order valence-electron chi connectivity index (χ2n) is 8.34. The molecule has 1 aromatic heterocycles. The molecule has 0 atom stereocenters. The van der Waals surface area contributed by atoms with Gasteiger partial charge in [0.05, 0.1) is 23.7 Å². The van der Waals surface area contributed by atoms with Crippen LogP contribution < -0.4 is 8.92 Å². The number of carbonyl (C=O) groups excluding carboxylic acids is 1. The second-order valence-corrected chi connectivity index (χ2v) is 11.3. The molecule has 10 nitrogen and oxygen atoms in total. The third-order valence-electron chi connectivity index (χ3n) is 5.81. The van der Waals surface area contributed by atoms with Gasteiger partial charge in [0.1, 0.15) is 21.4 Å². The summed E-state index contributed by atoms with van der Waals surface area (Å²) >= 11 is 0. The number of imidazole rings is 1. The van der Waals surface area contributed by atoms with Crippen LogP contribution in [0.3, 0.4) is 0 Å². The molecule has 0 unspecified atom stereocenters. The summed E-state index contributed by atoms with van der Waals surface area (Å²) in [5.74, 6) is -1.08. The summed E-state index contributed by atoms with van der Waals surface area (Å²) in [4.78, 5) is 19.9. The maximum atomic E-state index is 13.3. The van der Waals surface area contributed by atoms with Crippen LogP contribution in [0.25, 0.3) is 22.4 Å². The second kappa shape index (κ2) is 9.98. The molecule has 0 aliphatic carbocycles. The zero-order valence-corrected chi connectivity index (χ0v) is 21.9. The molecule has 4 aromatic carbocycles. The van der Waals surface area contributed by atoms with E-state index in [-0.39, 0.29) is 10.5 Å². The molecule has 0 bridgehead atoms. The summed E-state index contributed by atoms with van der Waals surface area (Å²) in [6.07, 6.45) is 0. The van der Waals surface area contributed by atoms with Gasteiger partial charge >= 0.3 is 10.1 Å². The molecular weight excluding hydrogens is 544 g/mol. The Bertz CT molecular complexity index is 1920. The molecule has 0 saturated carbocycles. The molecule has 0 saturated heterocycles. The van der Waals surface area contributed by atoms with Gasteiger partial charge in [0.25, 0.3) is 10.1 Å². The zero-order chi connectivity index (χ0) is 27.8. The molecule has 5 aromatic rings. The fourth-order valence-electron chi connectivity index (χ4n) is 3.94. The van der Waals surface area contributed by atoms with Crippen molar-refractivity contribution in [3.63, 3.8) is 0 Å². The first-order valence-electron chi connectivity index (χ1n) is 11.4. The molecule has 12 heteroatoms. The molecule has 0 fully saturated rings. The van der Waals surface area contributed by atoms with Crippen molar-refractivity contribution in [3.8, 4) is 22.9 Å². The minimum Gasteiger partial charge on any atom is -0.495 e. The van der Waals surface area contributed by atoms with Crippen molar-refractivity contribution >= 4 is 37.1 Å². The normalized spacial score (nSPS) is 11.8. The number of hydrogen-bond donors (Lipinski definition) is 2. The SMILES string of the molecule is COc1cc(OS(=O)(=O)c2ccc3nc(-c4ccccc4)[nH]c3c2)c(C(=O)c2ccccc2)cc1S(=O)(=O)O. The number of fused-ring (bicyclic) bond motifs is 1. The van der Waals surface area contributed by atoms with E-state index in [9.17, 15) is 26.2 Å². The lowest BCUT2D eigenvalue weighted by atomic mass is 10.0. The minimum atomic E-state index is -4.83. The summed E-state index contributed by atoms with van der Waals surface area (Å²) in [6.45, 7) is 0. The third kappa shape index (κ3) is 5.25. The summed E-state index contributed by atoms with van der Waals surface area (Å²) in [5, 5.41) is 0. The first-order valence-corrected chi connectivity index (χ1v) is 14.2. The van der Waals surface area contributed by atoms with Crippen LogP contribution in [0.5, 0.6) is 11.5 Å². The van der Waals surface area contributed by atoms with Gasteiger partial charge in [-0.15, -0.1) is 0 Å². The molecule has 5 rings (SSSR count). The number of carbonyl (C=O) groups is 1. The van der Waals surface area contributed by atoms with Crippen LogP contribution in [0.4, 0.5) is 0 Å². The molecule has 2 N–H and O–H groups in total. The van der Waals surface area contributed by atoms with Gasteiger partial charge in [-0.1, -0.05) is 60.7 Å². The molecule has 0 aliphatic heterocycles. The molecule has 1 heterocycles. The Labute approximate surface area is 223 Å². The number of aromatic amines is 1. The number of ketones is 1. The van der Waals surface area contributed by atoms with Crippen molar-refractivity contribution in [1.82, 2.24) is 9.97 Å². The maximum absolute atomic E-state index is 13.3. The van der Waals surface area contributed by atoms with E-state index in [2.05, 4.69) is 9.97 Å². The van der Waals surface area contributed by atoms with E-state index in [0.717, 1.165) is 24.8 Å². The highest BCUT2D eigenvalue weighted by Gasteiger charge is 2.28. The number of H-pyrrole nitrogens is 1.